The van der Waals surface area contributed by atoms with Crippen molar-refractivity contribution in [1.29, 1.82) is 0 Å². The van der Waals surface area contributed by atoms with Crippen molar-refractivity contribution < 1.29 is 0 Å². The van der Waals surface area contributed by atoms with E-state index in [0.717, 1.165) is 5.92 Å². The average Bonchev–Trinajstić information content (AvgIpc) is 3.00. The molecule has 1 saturated carbocycles. The Morgan fingerprint density at radius 1 is 1.00 bits per heavy atom. The lowest BCUT2D eigenvalue weighted by Crippen LogP contribution is -1.99. The van der Waals surface area contributed by atoms with Gasteiger partial charge in [0.1, 0.15) is 0 Å². The standard InChI is InChI=1S/C9H14N2.C9H16N2/c1-7(2)11-5-9(10-6-11)8-3-4-8;1-7(2)9-5-10-11(6-9)8(3)4/h5-8H,3-4H2,1-2H3;5-8H,1-4H3. The highest BCUT2D eigenvalue weighted by atomic mass is 15.3. The molecule has 0 atom stereocenters. The van der Waals surface area contributed by atoms with Gasteiger partial charge in [0.25, 0.3) is 0 Å². The van der Waals surface area contributed by atoms with Crippen LogP contribution in [0, 0.1) is 0 Å². The molecule has 2 aromatic heterocycles. The molecule has 22 heavy (non-hydrogen) atoms. The van der Waals surface area contributed by atoms with E-state index in [2.05, 4.69) is 68.6 Å². The summed E-state index contributed by atoms with van der Waals surface area (Å²) in [6.07, 6.45) is 10.9. The van der Waals surface area contributed by atoms with E-state index in [1.165, 1.54) is 24.1 Å². The highest BCUT2D eigenvalue weighted by Gasteiger charge is 2.25. The van der Waals surface area contributed by atoms with Crippen LogP contribution in [-0.2, 0) is 0 Å². The van der Waals surface area contributed by atoms with Crippen LogP contribution in [0.15, 0.2) is 24.9 Å². The molecular formula is C18H30N4. The predicted octanol–water partition coefficient (Wildman–Crippen LogP) is 4.93. The van der Waals surface area contributed by atoms with Crippen molar-refractivity contribution in [2.75, 3.05) is 0 Å². The Balaban J connectivity index is 0.000000160. The first-order valence-corrected chi connectivity index (χ1v) is 8.45. The summed E-state index contributed by atoms with van der Waals surface area (Å²) in [6.45, 7) is 13.0. The molecule has 0 unspecified atom stereocenters. The zero-order chi connectivity index (χ0) is 16.3. The fourth-order valence-electron chi connectivity index (χ4n) is 2.16. The molecule has 2 aromatic rings. The van der Waals surface area contributed by atoms with Crippen LogP contribution in [0.2, 0.25) is 0 Å². The number of hydrogen-bond donors (Lipinski definition) is 0. The van der Waals surface area contributed by atoms with E-state index in [0.29, 0.717) is 18.0 Å². The fraction of sp³-hybridized carbons (Fsp3) is 0.667. The van der Waals surface area contributed by atoms with E-state index in [-0.39, 0.29) is 0 Å². The average molecular weight is 302 g/mol. The molecule has 0 spiro atoms. The smallest absolute Gasteiger partial charge is 0.0951 e. The van der Waals surface area contributed by atoms with Crippen LogP contribution in [0.3, 0.4) is 0 Å². The fourth-order valence-corrected chi connectivity index (χ4v) is 2.16. The van der Waals surface area contributed by atoms with Crippen molar-refractivity contribution in [3.05, 3.63) is 36.2 Å². The minimum Gasteiger partial charge on any atom is -0.335 e. The molecule has 0 aromatic carbocycles. The Kier molecular flexibility index (Phi) is 5.43. The van der Waals surface area contributed by atoms with Crippen molar-refractivity contribution in [1.82, 2.24) is 19.3 Å². The number of nitrogens with zero attached hydrogens (tertiary/aromatic N) is 4. The maximum atomic E-state index is 4.36. The van der Waals surface area contributed by atoms with Gasteiger partial charge in [-0.15, -0.1) is 0 Å². The first-order valence-electron chi connectivity index (χ1n) is 8.45. The topological polar surface area (TPSA) is 35.6 Å². The van der Waals surface area contributed by atoms with Gasteiger partial charge in [0, 0.05) is 30.4 Å². The number of aromatic nitrogens is 4. The molecule has 122 valence electrons. The Labute approximate surface area is 134 Å². The normalized spacial score (nSPS) is 14.6. The SMILES string of the molecule is CC(C)c1cnn(C(C)C)c1.CC(C)n1cnc(C2CC2)c1. The monoisotopic (exact) mass is 302 g/mol. The third-order valence-electron chi connectivity index (χ3n) is 4.03. The van der Waals surface area contributed by atoms with Crippen LogP contribution in [0.1, 0.15) is 89.6 Å². The van der Waals surface area contributed by atoms with Crippen LogP contribution >= 0.6 is 0 Å². The van der Waals surface area contributed by atoms with E-state index in [1.807, 2.05) is 17.2 Å². The Morgan fingerprint density at radius 3 is 2.05 bits per heavy atom. The third-order valence-corrected chi connectivity index (χ3v) is 4.03. The lowest BCUT2D eigenvalue weighted by atomic mass is 10.1. The van der Waals surface area contributed by atoms with Gasteiger partial charge in [0.2, 0.25) is 0 Å². The third kappa shape index (κ3) is 4.46. The summed E-state index contributed by atoms with van der Waals surface area (Å²) in [6, 6.07) is 1.03. The van der Waals surface area contributed by atoms with Gasteiger partial charge in [0.05, 0.1) is 18.2 Å². The highest BCUT2D eigenvalue weighted by Crippen LogP contribution is 2.39. The molecule has 0 N–H and O–H groups in total. The molecule has 0 aliphatic heterocycles. The van der Waals surface area contributed by atoms with Gasteiger partial charge in [-0.1, -0.05) is 13.8 Å². The Morgan fingerprint density at radius 2 is 1.68 bits per heavy atom. The molecule has 1 aliphatic rings. The van der Waals surface area contributed by atoms with Crippen molar-refractivity contribution >= 4 is 0 Å². The molecule has 1 fully saturated rings. The van der Waals surface area contributed by atoms with Crippen LogP contribution in [0.25, 0.3) is 0 Å². The van der Waals surface area contributed by atoms with Gasteiger partial charge in [-0.05, 0) is 52.0 Å². The van der Waals surface area contributed by atoms with Crippen LogP contribution in [0.5, 0.6) is 0 Å². The molecule has 1 aliphatic carbocycles. The Bertz CT molecular complexity index is 488. The van der Waals surface area contributed by atoms with Gasteiger partial charge in [-0.25, -0.2) is 4.98 Å². The van der Waals surface area contributed by atoms with Gasteiger partial charge < -0.3 is 4.57 Å². The first-order chi connectivity index (χ1) is 10.4. The Hall–Kier alpha value is -1.58. The maximum absolute atomic E-state index is 4.36. The van der Waals surface area contributed by atoms with Gasteiger partial charge in [-0.2, -0.15) is 5.10 Å². The summed E-state index contributed by atoms with van der Waals surface area (Å²) in [7, 11) is 0. The highest BCUT2D eigenvalue weighted by molar-refractivity contribution is 5.11. The number of imidazole rings is 1. The van der Waals surface area contributed by atoms with E-state index in [9.17, 15) is 0 Å². The predicted molar refractivity (Wildman–Crippen MR) is 91.3 cm³/mol. The summed E-state index contributed by atoms with van der Waals surface area (Å²) in [4.78, 5) is 4.36. The summed E-state index contributed by atoms with van der Waals surface area (Å²) in [5.74, 6) is 1.37. The molecule has 0 radical (unpaired) electrons. The molecule has 0 saturated heterocycles. The minimum absolute atomic E-state index is 0.475. The lowest BCUT2D eigenvalue weighted by Gasteiger charge is -2.03. The zero-order valence-electron chi connectivity index (χ0n) is 14.8. The summed E-state index contributed by atoms with van der Waals surface area (Å²) >= 11 is 0. The maximum Gasteiger partial charge on any atom is 0.0951 e. The van der Waals surface area contributed by atoms with E-state index in [1.54, 1.807) is 0 Å². The van der Waals surface area contributed by atoms with E-state index in [4.69, 9.17) is 0 Å². The van der Waals surface area contributed by atoms with Crippen LogP contribution < -0.4 is 0 Å². The second kappa shape index (κ2) is 7.12. The minimum atomic E-state index is 0.475. The molecule has 2 heterocycles. The zero-order valence-corrected chi connectivity index (χ0v) is 14.8. The summed E-state index contributed by atoms with van der Waals surface area (Å²) in [5.41, 5.74) is 2.61. The molecule has 0 bridgehead atoms. The number of rotatable bonds is 4. The number of hydrogen-bond acceptors (Lipinski definition) is 2. The van der Waals surface area contributed by atoms with Crippen LogP contribution in [0.4, 0.5) is 0 Å². The molecule has 4 nitrogen and oxygen atoms in total. The van der Waals surface area contributed by atoms with E-state index >= 15 is 0 Å². The lowest BCUT2D eigenvalue weighted by molar-refractivity contribution is 0.531. The molecule has 0 amide bonds. The van der Waals surface area contributed by atoms with Gasteiger partial charge in [0.15, 0.2) is 0 Å². The van der Waals surface area contributed by atoms with E-state index < -0.39 is 0 Å². The second-order valence-corrected chi connectivity index (χ2v) is 7.12. The largest absolute Gasteiger partial charge is 0.335 e. The summed E-state index contributed by atoms with van der Waals surface area (Å²) < 4.78 is 4.17. The van der Waals surface area contributed by atoms with Crippen molar-refractivity contribution in [2.24, 2.45) is 0 Å². The second-order valence-electron chi connectivity index (χ2n) is 7.12. The molecule has 4 heteroatoms. The van der Waals surface area contributed by atoms with Crippen molar-refractivity contribution in [3.63, 3.8) is 0 Å². The van der Waals surface area contributed by atoms with Gasteiger partial charge >= 0.3 is 0 Å². The van der Waals surface area contributed by atoms with Gasteiger partial charge in [-0.3, -0.25) is 4.68 Å². The first kappa shape index (κ1) is 16.8. The molecule has 3 rings (SSSR count). The van der Waals surface area contributed by atoms with Crippen LogP contribution in [-0.4, -0.2) is 19.3 Å². The van der Waals surface area contributed by atoms with Crippen molar-refractivity contribution in [2.45, 2.75) is 78.3 Å². The van der Waals surface area contributed by atoms with Crippen molar-refractivity contribution in [3.8, 4) is 0 Å². The molecular weight excluding hydrogens is 272 g/mol. The quantitative estimate of drug-likeness (QED) is 0.803. The summed E-state index contributed by atoms with van der Waals surface area (Å²) in [5, 5.41) is 4.25.